The fourth-order valence-corrected chi connectivity index (χ4v) is 4.32. The second-order valence-corrected chi connectivity index (χ2v) is 7.79. The average Bonchev–Trinajstić information content (AvgIpc) is 2.91. The Hall–Kier alpha value is -2.11. The molecular weight excluding hydrogens is 362 g/mol. The van der Waals surface area contributed by atoms with Crippen molar-refractivity contribution < 1.29 is 4.79 Å². The van der Waals surface area contributed by atoms with Gasteiger partial charge in [0.25, 0.3) is 11.5 Å². The van der Waals surface area contributed by atoms with Gasteiger partial charge < -0.3 is 15.2 Å². The standard InChI is InChI=1S/C21H24ClN3O2/c22-16-7-4-6-15(11-16)19-13-23-9-10-25(19)21(27)17-12-14-5-2-1-3-8-18(14)24-20(17)26/h4,6-7,11-12,19,23H,1-3,5,8-10,13H2,(H,24,26). The third-order valence-corrected chi connectivity index (χ3v) is 5.79. The lowest BCUT2D eigenvalue weighted by Gasteiger charge is -2.36. The smallest absolute Gasteiger partial charge is 0.261 e. The molecule has 142 valence electrons. The zero-order valence-electron chi connectivity index (χ0n) is 15.3. The first-order valence-corrected chi connectivity index (χ1v) is 10.0. The molecule has 0 bridgehead atoms. The van der Waals surface area contributed by atoms with E-state index in [1.807, 2.05) is 30.3 Å². The summed E-state index contributed by atoms with van der Waals surface area (Å²) in [4.78, 5) is 30.7. The Morgan fingerprint density at radius 2 is 2.00 bits per heavy atom. The number of hydrogen-bond donors (Lipinski definition) is 2. The van der Waals surface area contributed by atoms with Crippen molar-refractivity contribution in [2.75, 3.05) is 19.6 Å². The summed E-state index contributed by atoms with van der Waals surface area (Å²) in [7, 11) is 0. The van der Waals surface area contributed by atoms with Gasteiger partial charge in [0.1, 0.15) is 5.56 Å². The highest BCUT2D eigenvalue weighted by Crippen LogP contribution is 2.26. The van der Waals surface area contributed by atoms with E-state index in [0.717, 1.165) is 48.9 Å². The highest BCUT2D eigenvalue weighted by Gasteiger charge is 2.30. The lowest BCUT2D eigenvalue weighted by atomic mass is 10.0. The number of carbonyl (C=O) groups excluding carboxylic acids is 1. The minimum atomic E-state index is -0.274. The van der Waals surface area contributed by atoms with E-state index in [-0.39, 0.29) is 23.1 Å². The van der Waals surface area contributed by atoms with Crippen LogP contribution in [0.1, 0.15) is 52.5 Å². The molecule has 27 heavy (non-hydrogen) atoms. The second-order valence-electron chi connectivity index (χ2n) is 7.35. The van der Waals surface area contributed by atoms with Crippen LogP contribution >= 0.6 is 11.6 Å². The van der Waals surface area contributed by atoms with E-state index in [2.05, 4.69) is 10.3 Å². The Balaban J connectivity index is 1.68. The van der Waals surface area contributed by atoms with Gasteiger partial charge in [-0.3, -0.25) is 9.59 Å². The van der Waals surface area contributed by atoms with E-state index in [9.17, 15) is 9.59 Å². The number of H-pyrrole nitrogens is 1. The summed E-state index contributed by atoms with van der Waals surface area (Å²) in [5, 5.41) is 3.99. The van der Waals surface area contributed by atoms with Crippen LogP contribution in [0.4, 0.5) is 0 Å². The number of piperazine rings is 1. The molecule has 2 aromatic rings. The lowest BCUT2D eigenvalue weighted by Crippen LogP contribution is -2.49. The summed E-state index contributed by atoms with van der Waals surface area (Å²) in [6.45, 7) is 1.92. The Bertz CT molecular complexity index is 909. The molecule has 1 unspecified atom stereocenters. The molecule has 0 radical (unpaired) electrons. The molecule has 2 N–H and O–H groups in total. The van der Waals surface area contributed by atoms with E-state index in [4.69, 9.17) is 11.6 Å². The summed E-state index contributed by atoms with van der Waals surface area (Å²) in [6.07, 6.45) is 5.16. The third kappa shape index (κ3) is 3.80. The van der Waals surface area contributed by atoms with Gasteiger partial charge in [0.15, 0.2) is 0 Å². The molecule has 1 amide bonds. The van der Waals surface area contributed by atoms with Crippen molar-refractivity contribution in [1.29, 1.82) is 0 Å². The molecule has 2 aliphatic rings. The zero-order chi connectivity index (χ0) is 18.8. The van der Waals surface area contributed by atoms with Crippen molar-refractivity contribution in [3.63, 3.8) is 0 Å². The number of benzene rings is 1. The maximum Gasteiger partial charge on any atom is 0.261 e. The van der Waals surface area contributed by atoms with Gasteiger partial charge in [-0.15, -0.1) is 0 Å². The van der Waals surface area contributed by atoms with Crippen molar-refractivity contribution >= 4 is 17.5 Å². The van der Waals surface area contributed by atoms with Crippen LogP contribution in [-0.4, -0.2) is 35.4 Å². The molecule has 1 atom stereocenters. The summed E-state index contributed by atoms with van der Waals surface area (Å²) in [5.74, 6) is -0.199. The molecule has 0 spiro atoms. The third-order valence-electron chi connectivity index (χ3n) is 5.56. The number of pyridine rings is 1. The Morgan fingerprint density at radius 1 is 1.15 bits per heavy atom. The normalized spacial score (nSPS) is 20.0. The van der Waals surface area contributed by atoms with Gasteiger partial charge in [0, 0.05) is 30.4 Å². The number of nitrogens with zero attached hydrogens (tertiary/aromatic N) is 1. The molecule has 1 aliphatic carbocycles. The molecule has 5 nitrogen and oxygen atoms in total. The maximum atomic E-state index is 13.3. The fourth-order valence-electron chi connectivity index (χ4n) is 4.12. The molecule has 1 aromatic carbocycles. The van der Waals surface area contributed by atoms with Gasteiger partial charge in [-0.2, -0.15) is 0 Å². The minimum Gasteiger partial charge on any atom is -0.329 e. The van der Waals surface area contributed by atoms with Crippen molar-refractivity contribution in [2.45, 2.75) is 38.1 Å². The highest BCUT2D eigenvalue weighted by atomic mass is 35.5. The van der Waals surface area contributed by atoms with Crippen molar-refractivity contribution in [1.82, 2.24) is 15.2 Å². The van der Waals surface area contributed by atoms with Crippen LogP contribution in [0.3, 0.4) is 0 Å². The number of rotatable bonds is 2. The number of aromatic amines is 1. The first kappa shape index (κ1) is 18.3. The maximum absolute atomic E-state index is 13.3. The molecule has 2 heterocycles. The average molecular weight is 386 g/mol. The SMILES string of the molecule is O=C(c1cc2c([nH]c1=O)CCCCC2)N1CCNCC1c1cccc(Cl)c1. The van der Waals surface area contributed by atoms with Gasteiger partial charge in [-0.25, -0.2) is 0 Å². The van der Waals surface area contributed by atoms with Gasteiger partial charge in [0.2, 0.25) is 0 Å². The van der Waals surface area contributed by atoms with Crippen molar-refractivity contribution in [3.05, 3.63) is 68.1 Å². The molecule has 1 fully saturated rings. The molecule has 1 aromatic heterocycles. The van der Waals surface area contributed by atoms with Gasteiger partial charge in [-0.05, 0) is 55.0 Å². The topological polar surface area (TPSA) is 65.2 Å². The quantitative estimate of drug-likeness (QED) is 0.781. The number of fused-ring (bicyclic) bond motifs is 1. The largest absolute Gasteiger partial charge is 0.329 e. The monoisotopic (exact) mass is 385 g/mol. The Morgan fingerprint density at radius 3 is 2.85 bits per heavy atom. The van der Waals surface area contributed by atoms with Crippen LogP contribution in [0.5, 0.6) is 0 Å². The summed E-state index contributed by atoms with van der Waals surface area (Å²) in [6, 6.07) is 9.28. The minimum absolute atomic E-state index is 0.136. The van der Waals surface area contributed by atoms with Crippen LogP contribution in [0.15, 0.2) is 35.1 Å². The number of aromatic nitrogens is 1. The van der Waals surface area contributed by atoms with Crippen LogP contribution < -0.4 is 10.9 Å². The number of aryl methyl sites for hydroxylation is 2. The van der Waals surface area contributed by atoms with E-state index in [0.29, 0.717) is 24.7 Å². The number of halogens is 1. The number of carbonyl (C=O) groups is 1. The molecule has 6 heteroatoms. The molecule has 0 saturated carbocycles. The molecular formula is C21H24ClN3O2. The number of amides is 1. The summed E-state index contributed by atoms with van der Waals surface area (Å²) >= 11 is 6.15. The van der Waals surface area contributed by atoms with Gasteiger partial charge >= 0.3 is 0 Å². The van der Waals surface area contributed by atoms with Gasteiger partial charge in [0.05, 0.1) is 6.04 Å². The summed E-state index contributed by atoms with van der Waals surface area (Å²) in [5.41, 5.74) is 3.08. The second kappa shape index (κ2) is 7.87. The molecule has 4 rings (SSSR count). The highest BCUT2D eigenvalue weighted by molar-refractivity contribution is 6.30. The van der Waals surface area contributed by atoms with E-state index >= 15 is 0 Å². The van der Waals surface area contributed by atoms with Crippen LogP contribution in [0.2, 0.25) is 5.02 Å². The van der Waals surface area contributed by atoms with Gasteiger partial charge in [-0.1, -0.05) is 30.2 Å². The molecule has 1 saturated heterocycles. The van der Waals surface area contributed by atoms with Crippen molar-refractivity contribution in [3.8, 4) is 0 Å². The van der Waals surface area contributed by atoms with Crippen LogP contribution in [-0.2, 0) is 12.8 Å². The Labute approximate surface area is 163 Å². The lowest BCUT2D eigenvalue weighted by molar-refractivity contribution is 0.0632. The predicted molar refractivity (Wildman–Crippen MR) is 106 cm³/mol. The predicted octanol–water partition coefficient (Wildman–Crippen LogP) is 3.08. The zero-order valence-corrected chi connectivity index (χ0v) is 16.0. The van der Waals surface area contributed by atoms with E-state index < -0.39 is 0 Å². The summed E-state index contributed by atoms with van der Waals surface area (Å²) < 4.78 is 0. The first-order chi connectivity index (χ1) is 13.1. The number of hydrogen-bond acceptors (Lipinski definition) is 3. The fraction of sp³-hybridized carbons (Fsp3) is 0.429. The molecule has 1 aliphatic heterocycles. The van der Waals surface area contributed by atoms with Crippen LogP contribution in [0.25, 0.3) is 0 Å². The number of nitrogens with one attached hydrogen (secondary N) is 2. The first-order valence-electron chi connectivity index (χ1n) is 9.66. The Kier molecular flexibility index (Phi) is 5.32. The van der Waals surface area contributed by atoms with Crippen LogP contribution in [0, 0.1) is 0 Å². The van der Waals surface area contributed by atoms with Crippen molar-refractivity contribution in [2.24, 2.45) is 0 Å². The van der Waals surface area contributed by atoms with E-state index in [1.54, 1.807) is 4.90 Å². The van der Waals surface area contributed by atoms with E-state index in [1.165, 1.54) is 0 Å².